The summed E-state index contributed by atoms with van der Waals surface area (Å²) in [6, 6.07) is 2.12. The van der Waals surface area contributed by atoms with Crippen molar-refractivity contribution in [2.45, 2.75) is 89.4 Å². The average Bonchev–Trinajstić information content (AvgIpc) is 3.24. The van der Waals surface area contributed by atoms with Crippen molar-refractivity contribution in [3.63, 3.8) is 0 Å². The minimum atomic E-state index is -0.0361. The van der Waals surface area contributed by atoms with Crippen LogP contribution in [0.5, 0.6) is 0 Å². The Morgan fingerprint density at radius 2 is 1.65 bits per heavy atom. The minimum absolute atomic E-state index is 0.0361. The fraction of sp³-hybridized carbons (Fsp3) is 1.00. The molecule has 1 aliphatic carbocycles. The lowest BCUT2D eigenvalue weighted by molar-refractivity contribution is 0.00708. The third kappa shape index (κ3) is 3.05. The number of hydrogen-bond donors (Lipinski definition) is 2. The van der Waals surface area contributed by atoms with E-state index in [0.717, 1.165) is 18.9 Å². The van der Waals surface area contributed by atoms with Gasteiger partial charge >= 0.3 is 0 Å². The summed E-state index contributed by atoms with van der Waals surface area (Å²) in [7, 11) is 0. The van der Waals surface area contributed by atoms with Crippen molar-refractivity contribution in [2.24, 2.45) is 5.41 Å². The zero-order chi connectivity index (χ0) is 14.2. The smallest absolute Gasteiger partial charge is 0.0570 e. The Kier molecular flexibility index (Phi) is 4.40. The first-order valence-electron chi connectivity index (χ1n) is 8.83. The first-order valence-corrected chi connectivity index (χ1v) is 8.83. The van der Waals surface area contributed by atoms with Crippen LogP contribution in [0.2, 0.25) is 0 Å². The quantitative estimate of drug-likeness (QED) is 0.752. The van der Waals surface area contributed by atoms with Crippen molar-refractivity contribution in [2.75, 3.05) is 13.1 Å². The highest BCUT2D eigenvalue weighted by molar-refractivity contribution is 4.98. The molecule has 0 spiro atoms. The number of fused-ring (bicyclic) bond motifs is 2. The molecule has 0 aromatic heterocycles. The molecule has 0 amide bonds. The molecule has 0 aromatic carbocycles. The van der Waals surface area contributed by atoms with Gasteiger partial charge in [-0.15, -0.1) is 0 Å². The van der Waals surface area contributed by atoms with Crippen molar-refractivity contribution in [1.82, 2.24) is 10.2 Å². The van der Waals surface area contributed by atoms with E-state index in [0.29, 0.717) is 17.5 Å². The van der Waals surface area contributed by atoms with E-state index >= 15 is 0 Å². The zero-order valence-electron chi connectivity index (χ0n) is 13.3. The molecule has 3 rings (SSSR count). The van der Waals surface area contributed by atoms with Crippen LogP contribution in [0, 0.1) is 5.41 Å². The van der Waals surface area contributed by atoms with Crippen LogP contribution in [-0.2, 0) is 0 Å². The van der Waals surface area contributed by atoms with Gasteiger partial charge < -0.3 is 10.4 Å². The van der Waals surface area contributed by atoms with Gasteiger partial charge in [0.2, 0.25) is 0 Å². The predicted molar refractivity (Wildman–Crippen MR) is 82.8 cm³/mol. The van der Waals surface area contributed by atoms with Crippen LogP contribution in [0.15, 0.2) is 0 Å². The van der Waals surface area contributed by atoms with Crippen molar-refractivity contribution in [3.05, 3.63) is 0 Å². The number of hydrogen-bond acceptors (Lipinski definition) is 3. The molecule has 0 radical (unpaired) electrons. The maximum atomic E-state index is 9.97. The Hall–Kier alpha value is -0.120. The zero-order valence-corrected chi connectivity index (χ0v) is 13.3. The highest BCUT2D eigenvalue weighted by atomic mass is 16.3. The predicted octanol–water partition coefficient (Wildman–Crippen LogP) is 2.53. The summed E-state index contributed by atoms with van der Waals surface area (Å²) in [6.45, 7) is 7.14. The van der Waals surface area contributed by atoms with Gasteiger partial charge in [0.1, 0.15) is 0 Å². The summed E-state index contributed by atoms with van der Waals surface area (Å²) >= 11 is 0. The summed E-state index contributed by atoms with van der Waals surface area (Å²) in [4.78, 5) is 2.76. The first kappa shape index (κ1) is 14.8. The minimum Gasteiger partial charge on any atom is -0.393 e. The lowest BCUT2D eigenvalue weighted by Crippen LogP contribution is -2.51. The van der Waals surface area contributed by atoms with Crippen LogP contribution in [-0.4, -0.2) is 47.3 Å². The first-order chi connectivity index (χ1) is 9.65. The number of rotatable bonds is 7. The van der Waals surface area contributed by atoms with Crippen LogP contribution in [0.4, 0.5) is 0 Å². The topological polar surface area (TPSA) is 35.5 Å². The molecule has 3 aliphatic rings. The van der Waals surface area contributed by atoms with Crippen molar-refractivity contribution in [1.29, 1.82) is 0 Å². The Morgan fingerprint density at radius 1 is 1.05 bits per heavy atom. The summed E-state index contributed by atoms with van der Waals surface area (Å²) in [5.41, 5.74) is 0.436. The number of nitrogens with one attached hydrogen (secondary N) is 1. The van der Waals surface area contributed by atoms with Gasteiger partial charge in [0.05, 0.1) is 6.10 Å². The van der Waals surface area contributed by atoms with Gasteiger partial charge in [-0.05, 0) is 56.8 Å². The molecule has 2 saturated heterocycles. The monoisotopic (exact) mass is 280 g/mol. The number of piperidine rings is 1. The van der Waals surface area contributed by atoms with Gasteiger partial charge in [0.15, 0.2) is 0 Å². The Morgan fingerprint density at radius 3 is 2.15 bits per heavy atom. The van der Waals surface area contributed by atoms with E-state index in [1.807, 2.05) is 0 Å². The summed E-state index contributed by atoms with van der Waals surface area (Å²) in [6.07, 6.45) is 9.89. The highest BCUT2D eigenvalue weighted by Crippen LogP contribution is 2.39. The van der Waals surface area contributed by atoms with Gasteiger partial charge in [-0.3, -0.25) is 4.90 Å². The van der Waals surface area contributed by atoms with Crippen molar-refractivity contribution in [3.8, 4) is 0 Å². The molecule has 2 bridgehead atoms. The number of nitrogens with zero attached hydrogens (tertiary/aromatic N) is 1. The van der Waals surface area contributed by atoms with Gasteiger partial charge in [0.25, 0.3) is 0 Å². The van der Waals surface area contributed by atoms with Gasteiger partial charge in [-0.1, -0.05) is 13.8 Å². The van der Waals surface area contributed by atoms with E-state index in [1.165, 1.54) is 51.6 Å². The van der Waals surface area contributed by atoms with E-state index in [9.17, 15) is 5.11 Å². The normalized spacial score (nSPS) is 34.6. The molecule has 3 fully saturated rings. The van der Waals surface area contributed by atoms with E-state index in [1.54, 1.807) is 0 Å². The Labute approximate surface area is 124 Å². The van der Waals surface area contributed by atoms with E-state index in [-0.39, 0.29) is 6.10 Å². The Bertz CT molecular complexity index is 311. The molecule has 2 N–H and O–H groups in total. The maximum Gasteiger partial charge on any atom is 0.0570 e. The van der Waals surface area contributed by atoms with Crippen molar-refractivity contribution < 1.29 is 5.11 Å². The number of aliphatic hydroxyl groups excluding tert-OH is 1. The molecular formula is C17H32N2O. The molecule has 2 aliphatic heterocycles. The van der Waals surface area contributed by atoms with Crippen molar-refractivity contribution >= 4 is 0 Å². The molecule has 0 aromatic rings. The van der Waals surface area contributed by atoms with Crippen LogP contribution in [0.3, 0.4) is 0 Å². The SMILES string of the molecule is CCC(CC)(CNC1CC1)CN1C2CCC1CC(O)C2. The summed E-state index contributed by atoms with van der Waals surface area (Å²) in [5, 5.41) is 13.7. The van der Waals surface area contributed by atoms with Crippen LogP contribution in [0.25, 0.3) is 0 Å². The molecule has 3 heteroatoms. The molecule has 20 heavy (non-hydrogen) atoms. The molecule has 3 nitrogen and oxygen atoms in total. The maximum absolute atomic E-state index is 9.97. The molecule has 2 heterocycles. The summed E-state index contributed by atoms with van der Waals surface area (Å²) in [5.74, 6) is 0. The average molecular weight is 280 g/mol. The molecule has 2 unspecified atom stereocenters. The van der Waals surface area contributed by atoms with Crippen LogP contribution in [0.1, 0.15) is 65.2 Å². The van der Waals surface area contributed by atoms with Gasteiger partial charge in [0, 0.05) is 31.2 Å². The van der Waals surface area contributed by atoms with Gasteiger partial charge in [-0.2, -0.15) is 0 Å². The summed E-state index contributed by atoms with van der Waals surface area (Å²) < 4.78 is 0. The van der Waals surface area contributed by atoms with E-state index in [2.05, 4.69) is 24.1 Å². The molecule has 1 saturated carbocycles. The molecule has 2 atom stereocenters. The standard InChI is InChI=1S/C17H32N2O/c1-3-17(4-2,11-18-13-5-6-13)12-19-14-7-8-15(19)10-16(20)9-14/h13-16,18,20H,3-12H2,1-2H3. The van der Waals surface area contributed by atoms with Gasteiger partial charge in [-0.25, -0.2) is 0 Å². The lowest BCUT2D eigenvalue weighted by atomic mass is 9.80. The van der Waals surface area contributed by atoms with Crippen LogP contribution >= 0.6 is 0 Å². The fourth-order valence-electron chi connectivity index (χ4n) is 4.32. The fourth-order valence-corrected chi connectivity index (χ4v) is 4.32. The molecule has 116 valence electrons. The van der Waals surface area contributed by atoms with Crippen LogP contribution < -0.4 is 5.32 Å². The number of aliphatic hydroxyl groups is 1. The second kappa shape index (κ2) is 5.94. The molecular weight excluding hydrogens is 248 g/mol. The van der Waals surface area contributed by atoms with E-state index in [4.69, 9.17) is 0 Å². The van der Waals surface area contributed by atoms with E-state index < -0.39 is 0 Å². The Balaban J connectivity index is 1.63. The largest absolute Gasteiger partial charge is 0.393 e. The third-order valence-electron chi connectivity index (χ3n) is 6.22. The lowest BCUT2D eigenvalue weighted by Gasteiger charge is -2.44. The second-order valence-corrected chi connectivity index (χ2v) is 7.54. The highest BCUT2D eigenvalue weighted by Gasteiger charge is 2.43. The second-order valence-electron chi connectivity index (χ2n) is 7.54. The third-order valence-corrected chi connectivity index (χ3v) is 6.22.